The van der Waals surface area contributed by atoms with E-state index in [1.54, 1.807) is 0 Å². The first-order valence-corrected chi connectivity index (χ1v) is 13.9. The number of hydrogen-bond acceptors (Lipinski definition) is 0. The molecule has 1 aromatic carbocycles. The van der Waals surface area contributed by atoms with Crippen LogP contribution >= 0.6 is 0 Å². The van der Waals surface area contributed by atoms with Crippen molar-refractivity contribution in [2.45, 2.75) is 129 Å². The molecule has 2 atom stereocenters. The zero-order valence-corrected chi connectivity index (χ0v) is 21.2. The van der Waals surface area contributed by atoms with Crippen molar-refractivity contribution in [2.75, 3.05) is 0 Å². The molecule has 32 heavy (non-hydrogen) atoms. The molecule has 1 heterocycles. The lowest BCUT2D eigenvalue weighted by molar-refractivity contribution is -0.730. The summed E-state index contributed by atoms with van der Waals surface area (Å²) in [5.41, 5.74) is 1.50. The molecule has 2 rings (SSSR count). The Morgan fingerprint density at radius 1 is 0.688 bits per heavy atom. The number of unbranched alkanes of at least 4 members (excludes halogenated alkanes) is 12. The summed E-state index contributed by atoms with van der Waals surface area (Å²) in [6, 6.07) is 11.8. The van der Waals surface area contributed by atoms with Crippen LogP contribution in [0.25, 0.3) is 0 Å². The van der Waals surface area contributed by atoms with E-state index in [1.807, 2.05) is 0 Å². The predicted molar refractivity (Wildman–Crippen MR) is 139 cm³/mol. The van der Waals surface area contributed by atoms with Gasteiger partial charge in [0.15, 0.2) is 0 Å². The van der Waals surface area contributed by atoms with Crippen LogP contribution in [0.5, 0.6) is 0 Å². The normalized spacial score (nSPS) is 13.3. The summed E-state index contributed by atoms with van der Waals surface area (Å²) in [5.74, 6) is 0.717. The van der Waals surface area contributed by atoms with E-state index in [0.717, 1.165) is 0 Å². The molecule has 0 fully saturated rings. The molecular formula is C30H51N2+. The third-order valence-electron chi connectivity index (χ3n) is 7.12. The van der Waals surface area contributed by atoms with Crippen molar-refractivity contribution >= 4 is 0 Å². The first-order chi connectivity index (χ1) is 15.8. The van der Waals surface area contributed by atoms with Crippen LogP contribution in [0.1, 0.15) is 128 Å². The molecule has 2 nitrogen and oxygen atoms in total. The molecule has 2 heteroatoms. The second-order valence-electron chi connectivity index (χ2n) is 9.90. The van der Waals surface area contributed by atoms with Gasteiger partial charge in [0.2, 0.25) is 6.33 Å². The Kier molecular flexibility index (Phi) is 14.9. The molecule has 0 aliphatic heterocycles. The Morgan fingerprint density at radius 2 is 1.25 bits per heavy atom. The number of benzene rings is 1. The van der Waals surface area contributed by atoms with Gasteiger partial charge in [0.05, 0.1) is 0 Å². The lowest BCUT2D eigenvalue weighted by Gasteiger charge is -2.25. The molecule has 1 N–H and O–H groups in total. The molecule has 2 aromatic rings. The molecule has 0 aliphatic rings. The van der Waals surface area contributed by atoms with Crippen LogP contribution < -0.4 is 4.57 Å². The van der Waals surface area contributed by atoms with Crippen molar-refractivity contribution < 1.29 is 4.57 Å². The first kappa shape index (κ1) is 26.7. The second kappa shape index (κ2) is 17.9. The molecule has 0 radical (unpaired) electrons. The summed E-state index contributed by atoms with van der Waals surface area (Å²) in [4.78, 5) is 3.31. The minimum atomic E-state index is 0.609. The Labute approximate surface area is 199 Å². The summed E-state index contributed by atoms with van der Waals surface area (Å²) >= 11 is 0. The highest BCUT2D eigenvalue weighted by Crippen LogP contribution is 2.29. The van der Waals surface area contributed by atoms with Crippen molar-refractivity contribution in [3.63, 3.8) is 0 Å². The third-order valence-corrected chi connectivity index (χ3v) is 7.12. The topological polar surface area (TPSA) is 19.7 Å². The van der Waals surface area contributed by atoms with Gasteiger partial charge in [0.1, 0.15) is 18.4 Å². The van der Waals surface area contributed by atoms with Crippen LogP contribution in [0, 0.1) is 5.92 Å². The molecule has 0 amide bonds. The lowest BCUT2D eigenvalue weighted by atomic mass is 9.84. The maximum atomic E-state index is 3.31. The van der Waals surface area contributed by atoms with E-state index in [-0.39, 0.29) is 0 Å². The molecule has 0 spiro atoms. The number of aromatic amines is 1. The zero-order chi connectivity index (χ0) is 22.7. The fourth-order valence-electron chi connectivity index (χ4n) is 5.16. The van der Waals surface area contributed by atoms with Gasteiger partial charge in [-0.25, -0.2) is 4.57 Å². The second-order valence-corrected chi connectivity index (χ2v) is 9.90. The standard InChI is InChI=1S/C30H50N2/c1-3-5-7-9-11-12-14-19-23-30(32-25-24-31-27-32)29(22-18-13-10-8-6-4-2)26-28-20-16-15-17-21-28/h15-17,20-21,24-25,27,29-30H,3-14,18-19,22-23,26H2,1-2H3/p+1. The minimum Gasteiger partial charge on any atom is -0.250 e. The van der Waals surface area contributed by atoms with E-state index < -0.39 is 0 Å². The van der Waals surface area contributed by atoms with Gasteiger partial charge in [-0.3, -0.25) is 4.98 Å². The summed E-state index contributed by atoms with van der Waals surface area (Å²) in [6.45, 7) is 4.61. The summed E-state index contributed by atoms with van der Waals surface area (Å²) in [6.07, 6.45) is 29.9. The van der Waals surface area contributed by atoms with Crippen LogP contribution in [0.15, 0.2) is 49.1 Å². The molecule has 0 saturated carbocycles. The number of imidazole rings is 1. The Bertz CT molecular complexity index is 634. The predicted octanol–water partition coefficient (Wildman–Crippen LogP) is 8.98. The highest BCUT2D eigenvalue weighted by atomic mass is 15.1. The van der Waals surface area contributed by atoms with Crippen molar-refractivity contribution in [2.24, 2.45) is 5.92 Å². The van der Waals surface area contributed by atoms with E-state index in [0.29, 0.717) is 12.0 Å². The van der Waals surface area contributed by atoms with E-state index in [4.69, 9.17) is 0 Å². The maximum absolute atomic E-state index is 3.31. The Morgan fingerprint density at radius 3 is 1.81 bits per heavy atom. The Hall–Kier alpha value is -1.57. The van der Waals surface area contributed by atoms with Gasteiger partial charge in [-0.05, 0) is 31.2 Å². The highest BCUT2D eigenvalue weighted by molar-refractivity contribution is 5.15. The van der Waals surface area contributed by atoms with Gasteiger partial charge < -0.3 is 0 Å². The smallest absolute Gasteiger partial charge is 0.241 e. The van der Waals surface area contributed by atoms with E-state index >= 15 is 0 Å². The quantitative estimate of drug-likeness (QED) is 0.157. The number of H-pyrrole nitrogens is 1. The summed E-state index contributed by atoms with van der Waals surface area (Å²) < 4.78 is 2.48. The molecule has 2 unspecified atom stereocenters. The van der Waals surface area contributed by atoms with Crippen molar-refractivity contribution in [1.29, 1.82) is 0 Å². The number of hydrogen-bond donors (Lipinski definition) is 1. The van der Waals surface area contributed by atoms with Crippen LogP contribution in [0.3, 0.4) is 0 Å². The van der Waals surface area contributed by atoms with Crippen LogP contribution in [-0.2, 0) is 6.42 Å². The SMILES string of the molecule is CCCCCCCCCCC(C(CCCCCCCC)Cc1ccccc1)[n+]1cc[nH]c1. The largest absolute Gasteiger partial charge is 0.250 e. The van der Waals surface area contributed by atoms with Crippen molar-refractivity contribution in [3.8, 4) is 0 Å². The average molecular weight is 440 g/mol. The number of aromatic nitrogens is 2. The molecule has 0 aliphatic carbocycles. The van der Waals surface area contributed by atoms with Gasteiger partial charge in [0, 0.05) is 5.92 Å². The van der Waals surface area contributed by atoms with Gasteiger partial charge in [0.25, 0.3) is 0 Å². The van der Waals surface area contributed by atoms with E-state index in [9.17, 15) is 0 Å². The summed E-state index contributed by atoms with van der Waals surface area (Å²) in [7, 11) is 0. The van der Waals surface area contributed by atoms with E-state index in [2.05, 4.69) is 72.5 Å². The summed E-state index contributed by atoms with van der Waals surface area (Å²) in [5, 5.41) is 0. The van der Waals surface area contributed by atoms with Crippen molar-refractivity contribution in [1.82, 2.24) is 4.98 Å². The molecule has 180 valence electrons. The zero-order valence-electron chi connectivity index (χ0n) is 21.2. The molecule has 0 saturated heterocycles. The fourth-order valence-corrected chi connectivity index (χ4v) is 5.16. The van der Waals surface area contributed by atoms with Crippen molar-refractivity contribution in [3.05, 3.63) is 54.6 Å². The number of nitrogens with one attached hydrogen (secondary N) is 1. The van der Waals surface area contributed by atoms with Gasteiger partial charge in [-0.2, -0.15) is 0 Å². The Balaban J connectivity index is 1.91. The number of rotatable bonds is 20. The maximum Gasteiger partial charge on any atom is 0.241 e. The van der Waals surface area contributed by atoms with E-state index in [1.165, 1.54) is 115 Å². The highest BCUT2D eigenvalue weighted by Gasteiger charge is 2.26. The average Bonchev–Trinajstić information content (AvgIpc) is 3.35. The lowest BCUT2D eigenvalue weighted by Crippen LogP contribution is -2.42. The minimum absolute atomic E-state index is 0.609. The monoisotopic (exact) mass is 439 g/mol. The molecule has 0 bridgehead atoms. The van der Waals surface area contributed by atoms with Crippen LogP contribution in [0.4, 0.5) is 0 Å². The fraction of sp³-hybridized carbons (Fsp3) is 0.700. The van der Waals surface area contributed by atoms with Crippen LogP contribution in [0.2, 0.25) is 0 Å². The van der Waals surface area contributed by atoms with Gasteiger partial charge in [-0.1, -0.05) is 128 Å². The van der Waals surface area contributed by atoms with Crippen LogP contribution in [-0.4, -0.2) is 4.98 Å². The van der Waals surface area contributed by atoms with Gasteiger partial charge in [-0.15, -0.1) is 0 Å². The molecular weight excluding hydrogens is 388 g/mol. The molecule has 1 aromatic heterocycles. The first-order valence-electron chi connectivity index (χ1n) is 13.9. The number of nitrogens with zero attached hydrogens (tertiary/aromatic N) is 1. The third kappa shape index (κ3) is 11.3. The van der Waals surface area contributed by atoms with Gasteiger partial charge >= 0.3 is 0 Å².